The first kappa shape index (κ1) is 12.6. The molecule has 0 heterocycles. The Morgan fingerprint density at radius 1 is 1.31 bits per heavy atom. The Labute approximate surface area is 96.1 Å². The van der Waals surface area contributed by atoms with E-state index in [1.54, 1.807) is 19.1 Å². The van der Waals surface area contributed by atoms with Crippen LogP contribution in [0, 0.1) is 0 Å². The maximum absolute atomic E-state index is 11.4. The number of benzene rings is 1. The summed E-state index contributed by atoms with van der Waals surface area (Å²) in [6, 6.07) is 6.91. The molecule has 0 aromatic heterocycles. The van der Waals surface area contributed by atoms with Crippen LogP contribution in [0.25, 0.3) is 0 Å². The third-order valence-electron chi connectivity index (χ3n) is 2.54. The van der Waals surface area contributed by atoms with E-state index in [1.807, 2.05) is 26.0 Å². The Morgan fingerprint density at radius 3 is 2.38 bits per heavy atom. The highest BCUT2D eigenvalue weighted by molar-refractivity contribution is 5.71. The van der Waals surface area contributed by atoms with E-state index >= 15 is 0 Å². The smallest absolute Gasteiger partial charge is 0.306 e. The number of ether oxygens (including phenoxy) is 1. The van der Waals surface area contributed by atoms with E-state index in [0.717, 1.165) is 5.56 Å². The monoisotopic (exact) mass is 222 g/mol. The molecule has 0 unspecified atom stereocenters. The minimum absolute atomic E-state index is 0.194. The molecule has 0 saturated carbocycles. The van der Waals surface area contributed by atoms with Gasteiger partial charge in [0.15, 0.2) is 0 Å². The van der Waals surface area contributed by atoms with Gasteiger partial charge in [0.25, 0.3) is 0 Å². The van der Waals surface area contributed by atoms with Crippen LogP contribution in [0.3, 0.4) is 0 Å². The zero-order chi connectivity index (χ0) is 12.2. The molecular formula is C13H18O3. The van der Waals surface area contributed by atoms with Gasteiger partial charge in [-0.05, 0) is 24.6 Å². The molecule has 3 heteroatoms. The number of phenols is 1. The van der Waals surface area contributed by atoms with Gasteiger partial charge >= 0.3 is 5.97 Å². The molecule has 0 atom stereocenters. The van der Waals surface area contributed by atoms with Crippen LogP contribution in [0.4, 0.5) is 0 Å². The van der Waals surface area contributed by atoms with Gasteiger partial charge in [-0.1, -0.05) is 26.0 Å². The lowest BCUT2D eigenvalue weighted by atomic mass is 9.81. The first-order valence-electron chi connectivity index (χ1n) is 5.41. The van der Waals surface area contributed by atoms with Crippen molar-refractivity contribution < 1.29 is 14.6 Å². The van der Waals surface area contributed by atoms with Crippen LogP contribution < -0.4 is 0 Å². The average molecular weight is 222 g/mol. The van der Waals surface area contributed by atoms with Gasteiger partial charge in [0, 0.05) is 5.41 Å². The second kappa shape index (κ2) is 5.01. The van der Waals surface area contributed by atoms with Gasteiger partial charge in [-0.2, -0.15) is 0 Å². The summed E-state index contributed by atoms with van der Waals surface area (Å²) in [5.41, 5.74) is 0.735. The first-order valence-corrected chi connectivity index (χ1v) is 5.41. The van der Waals surface area contributed by atoms with Crippen LogP contribution in [-0.4, -0.2) is 17.7 Å². The van der Waals surface area contributed by atoms with E-state index in [9.17, 15) is 9.90 Å². The molecule has 16 heavy (non-hydrogen) atoms. The van der Waals surface area contributed by atoms with E-state index in [2.05, 4.69) is 0 Å². The van der Waals surface area contributed by atoms with Gasteiger partial charge in [0.2, 0.25) is 0 Å². The van der Waals surface area contributed by atoms with E-state index in [-0.39, 0.29) is 17.1 Å². The summed E-state index contributed by atoms with van der Waals surface area (Å²) in [6.45, 7) is 6.17. The molecule has 1 rings (SSSR count). The molecule has 1 aromatic rings. The van der Waals surface area contributed by atoms with Crippen molar-refractivity contribution in [1.29, 1.82) is 0 Å². The Morgan fingerprint density at radius 2 is 1.88 bits per heavy atom. The third-order valence-corrected chi connectivity index (χ3v) is 2.54. The largest absolute Gasteiger partial charge is 0.508 e. The lowest BCUT2D eigenvalue weighted by Gasteiger charge is -2.24. The lowest BCUT2D eigenvalue weighted by Crippen LogP contribution is -2.23. The van der Waals surface area contributed by atoms with Crippen molar-refractivity contribution in [3.8, 4) is 5.75 Å². The molecule has 0 bridgehead atoms. The number of hydrogen-bond donors (Lipinski definition) is 1. The zero-order valence-corrected chi connectivity index (χ0v) is 9.99. The summed E-state index contributed by atoms with van der Waals surface area (Å²) >= 11 is 0. The van der Waals surface area contributed by atoms with Crippen LogP contribution >= 0.6 is 0 Å². The van der Waals surface area contributed by atoms with Crippen molar-refractivity contribution in [3.05, 3.63) is 29.8 Å². The predicted octanol–water partition coefficient (Wildman–Crippen LogP) is 2.62. The van der Waals surface area contributed by atoms with Crippen molar-refractivity contribution in [3.63, 3.8) is 0 Å². The second-order valence-electron chi connectivity index (χ2n) is 4.41. The van der Waals surface area contributed by atoms with Crippen molar-refractivity contribution in [2.75, 3.05) is 6.61 Å². The van der Waals surface area contributed by atoms with Crippen molar-refractivity contribution in [2.24, 2.45) is 0 Å². The molecule has 1 aromatic carbocycles. The Hall–Kier alpha value is -1.51. The minimum Gasteiger partial charge on any atom is -0.508 e. The number of esters is 1. The fourth-order valence-electron chi connectivity index (χ4n) is 1.59. The zero-order valence-electron chi connectivity index (χ0n) is 9.99. The number of hydrogen-bond acceptors (Lipinski definition) is 3. The minimum atomic E-state index is -0.278. The van der Waals surface area contributed by atoms with Crippen LogP contribution in [0.15, 0.2) is 24.3 Å². The summed E-state index contributed by atoms with van der Waals surface area (Å²) in [5.74, 6) is 0.0382. The number of carbonyl (C=O) groups is 1. The lowest BCUT2D eigenvalue weighted by molar-refractivity contribution is -0.144. The molecule has 0 saturated heterocycles. The van der Waals surface area contributed by atoms with Crippen molar-refractivity contribution in [2.45, 2.75) is 32.6 Å². The van der Waals surface area contributed by atoms with E-state index in [0.29, 0.717) is 13.0 Å². The molecule has 0 aliphatic rings. The maximum atomic E-state index is 11.4. The van der Waals surface area contributed by atoms with Crippen molar-refractivity contribution in [1.82, 2.24) is 0 Å². The quantitative estimate of drug-likeness (QED) is 0.796. The standard InChI is InChI=1S/C13H18O3/c1-4-16-12(15)9-13(2,3)10-5-7-11(14)8-6-10/h5-8,14H,4,9H2,1-3H3. The molecule has 3 nitrogen and oxygen atoms in total. The molecule has 0 fully saturated rings. The number of rotatable bonds is 4. The third kappa shape index (κ3) is 3.26. The average Bonchev–Trinajstić information content (AvgIpc) is 2.17. The molecule has 0 amide bonds. The van der Waals surface area contributed by atoms with Crippen LogP contribution in [-0.2, 0) is 14.9 Å². The molecule has 88 valence electrons. The number of phenolic OH excluding ortho intramolecular Hbond substituents is 1. The van der Waals surface area contributed by atoms with E-state index < -0.39 is 0 Å². The maximum Gasteiger partial charge on any atom is 0.306 e. The van der Waals surface area contributed by atoms with Gasteiger partial charge in [0.1, 0.15) is 5.75 Å². The summed E-state index contributed by atoms with van der Waals surface area (Å²) in [7, 11) is 0. The summed E-state index contributed by atoms with van der Waals surface area (Å²) < 4.78 is 4.93. The molecular weight excluding hydrogens is 204 g/mol. The van der Waals surface area contributed by atoms with Crippen molar-refractivity contribution >= 4 is 5.97 Å². The Bertz CT molecular complexity index is 352. The predicted molar refractivity (Wildman–Crippen MR) is 62.4 cm³/mol. The van der Waals surface area contributed by atoms with Crippen LogP contribution in [0.1, 0.15) is 32.8 Å². The second-order valence-corrected chi connectivity index (χ2v) is 4.41. The topological polar surface area (TPSA) is 46.5 Å². The summed E-state index contributed by atoms with van der Waals surface area (Å²) in [6.07, 6.45) is 0.339. The fourth-order valence-corrected chi connectivity index (χ4v) is 1.59. The van der Waals surface area contributed by atoms with Gasteiger partial charge in [-0.25, -0.2) is 0 Å². The Balaban J connectivity index is 2.76. The van der Waals surface area contributed by atoms with E-state index in [1.165, 1.54) is 0 Å². The Kier molecular flexibility index (Phi) is 3.93. The molecule has 0 aliphatic carbocycles. The molecule has 1 N–H and O–H groups in total. The molecule has 0 spiro atoms. The van der Waals surface area contributed by atoms with Crippen LogP contribution in [0.5, 0.6) is 5.75 Å². The summed E-state index contributed by atoms with van der Waals surface area (Å²) in [5, 5.41) is 9.20. The van der Waals surface area contributed by atoms with Gasteiger partial charge < -0.3 is 9.84 Å². The van der Waals surface area contributed by atoms with Gasteiger partial charge in [-0.3, -0.25) is 4.79 Å². The highest BCUT2D eigenvalue weighted by Gasteiger charge is 2.24. The summed E-state index contributed by atoms with van der Waals surface area (Å²) in [4.78, 5) is 11.4. The highest BCUT2D eigenvalue weighted by atomic mass is 16.5. The fraction of sp³-hybridized carbons (Fsp3) is 0.462. The number of carbonyl (C=O) groups excluding carboxylic acids is 1. The normalized spacial score (nSPS) is 11.2. The van der Waals surface area contributed by atoms with E-state index in [4.69, 9.17) is 4.74 Å². The number of aromatic hydroxyl groups is 1. The SMILES string of the molecule is CCOC(=O)CC(C)(C)c1ccc(O)cc1. The van der Waals surface area contributed by atoms with Gasteiger partial charge in [0.05, 0.1) is 13.0 Å². The first-order chi connectivity index (χ1) is 7.45. The van der Waals surface area contributed by atoms with Gasteiger partial charge in [-0.15, -0.1) is 0 Å². The molecule has 0 aliphatic heterocycles. The van der Waals surface area contributed by atoms with Crippen LogP contribution in [0.2, 0.25) is 0 Å². The highest BCUT2D eigenvalue weighted by Crippen LogP contribution is 2.28. The molecule has 0 radical (unpaired) electrons.